The van der Waals surface area contributed by atoms with Crippen LogP contribution in [0, 0.1) is 0 Å². The fourth-order valence-electron chi connectivity index (χ4n) is 6.65. The van der Waals surface area contributed by atoms with Crippen molar-refractivity contribution in [1.29, 1.82) is 0 Å². The van der Waals surface area contributed by atoms with Gasteiger partial charge in [0.15, 0.2) is 0 Å². The average molecular weight is 660 g/mol. The van der Waals surface area contributed by atoms with E-state index in [0.717, 1.165) is 11.5 Å². The minimum Gasteiger partial charge on any atom is -0.427 e. The Bertz CT molecular complexity index is 2090. The molecule has 0 saturated carbocycles. The SMILES string of the molecule is C[C@H](c1ccccc1)N1[C@H](c2ccccc2)c2c(ccc3ccccc23)OP1Oc1ccccc1P(c1ccccc1)c1ccccc1. The highest BCUT2D eigenvalue weighted by Crippen LogP contribution is 2.61. The Morgan fingerprint density at radius 1 is 0.604 bits per heavy atom. The summed E-state index contributed by atoms with van der Waals surface area (Å²) < 4.78 is 16.8. The van der Waals surface area contributed by atoms with E-state index in [-0.39, 0.29) is 12.1 Å². The normalized spacial score (nSPS) is 16.6. The average Bonchev–Trinajstić information content (AvgIpc) is 3.16. The first-order chi connectivity index (χ1) is 23.8. The lowest BCUT2D eigenvalue weighted by atomic mass is 9.91. The van der Waals surface area contributed by atoms with Crippen molar-refractivity contribution in [1.82, 2.24) is 4.67 Å². The zero-order valence-corrected chi connectivity index (χ0v) is 28.4. The van der Waals surface area contributed by atoms with Gasteiger partial charge in [0.1, 0.15) is 11.5 Å². The molecule has 0 radical (unpaired) electrons. The van der Waals surface area contributed by atoms with Gasteiger partial charge < -0.3 is 9.05 Å². The largest absolute Gasteiger partial charge is 0.427 e. The summed E-state index contributed by atoms with van der Waals surface area (Å²) in [5.41, 5.74) is 3.60. The van der Waals surface area contributed by atoms with Gasteiger partial charge in [0.05, 0.1) is 6.04 Å². The molecular formula is C43H35NO2P2. The summed E-state index contributed by atoms with van der Waals surface area (Å²) in [7, 11) is -2.50. The minimum absolute atomic E-state index is 0.00782. The van der Waals surface area contributed by atoms with Gasteiger partial charge in [-0.15, -0.1) is 0 Å². The quantitative estimate of drug-likeness (QED) is 0.152. The Morgan fingerprint density at radius 2 is 1.17 bits per heavy atom. The maximum absolute atomic E-state index is 7.27. The lowest BCUT2D eigenvalue weighted by molar-refractivity contribution is 0.241. The van der Waals surface area contributed by atoms with E-state index < -0.39 is 16.4 Å². The van der Waals surface area contributed by atoms with Crippen molar-refractivity contribution in [2.75, 3.05) is 0 Å². The van der Waals surface area contributed by atoms with E-state index in [2.05, 4.69) is 194 Å². The Morgan fingerprint density at radius 3 is 1.85 bits per heavy atom. The van der Waals surface area contributed by atoms with Crippen LogP contribution < -0.4 is 25.0 Å². The molecule has 7 aromatic carbocycles. The second kappa shape index (κ2) is 13.8. The third kappa shape index (κ3) is 5.91. The smallest absolute Gasteiger partial charge is 0.386 e. The van der Waals surface area contributed by atoms with Gasteiger partial charge in [0, 0.05) is 16.9 Å². The second-order valence-corrected chi connectivity index (χ2v) is 15.4. The highest BCUT2D eigenvalue weighted by Gasteiger charge is 2.44. The fourth-order valence-corrected chi connectivity index (χ4v) is 10.8. The molecule has 48 heavy (non-hydrogen) atoms. The number of hydrogen-bond donors (Lipinski definition) is 0. The molecule has 5 heteroatoms. The molecule has 0 aliphatic carbocycles. The van der Waals surface area contributed by atoms with Gasteiger partial charge in [-0.05, 0) is 59.5 Å². The van der Waals surface area contributed by atoms with E-state index in [4.69, 9.17) is 9.05 Å². The van der Waals surface area contributed by atoms with E-state index in [1.165, 1.54) is 43.4 Å². The number of para-hydroxylation sites is 1. The lowest BCUT2D eigenvalue weighted by Crippen LogP contribution is -2.35. The van der Waals surface area contributed by atoms with Crippen LogP contribution in [0.4, 0.5) is 0 Å². The topological polar surface area (TPSA) is 21.7 Å². The van der Waals surface area contributed by atoms with Gasteiger partial charge in [-0.3, -0.25) is 0 Å². The van der Waals surface area contributed by atoms with Gasteiger partial charge in [-0.25, -0.2) is 0 Å². The molecule has 1 unspecified atom stereocenters. The summed E-state index contributed by atoms with van der Waals surface area (Å²) in [6.07, 6.45) is 0. The first kappa shape index (κ1) is 30.5. The van der Waals surface area contributed by atoms with Crippen molar-refractivity contribution in [2.45, 2.75) is 19.0 Å². The molecule has 7 aromatic rings. The molecule has 234 valence electrons. The van der Waals surface area contributed by atoms with Gasteiger partial charge in [0.2, 0.25) is 0 Å². The molecule has 0 fully saturated rings. The second-order valence-electron chi connectivity index (χ2n) is 11.9. The molecule has 8 rings (SSSR count). The first-order valence-electron chi connectivity index (χ1n) is 16.3. The summed E-state index contributed by atoms with van der Waals surface area (Å²) in [6, 6.07) is 64.5. The molecule has 0 N–H and O–H groups in total. The molecular weight excluding hydrogens is 624 g/mol. The van der Waals surface area contributed by atoms with Crippen molar-refractivity contribution >= 4 is 43.1 Å². The summed E-state index contributed by atoms with van der Waals surface area (Å²) in [6.45, 7) is 2.27. The van der Waals surface area contributed by atoms with Crippen LogP contribution in [0.1, 0.15) is 35.7 Å². The van der Waals surface area contributed by atoms with Crippen LogP contribution in [0.2, 0.25) is 0 Å². The van der Waals surface area contributed by atoms with Crippen LogP contribution in [-0.4, -0.2) is 4.67 Å². The maximum atomic E-state index is 7.27. The lowest BCUT2D eigenvalue weighted by Gasteiger charge is -2.44. The fraction of sp³-hybridized carbons (Fsp3) is 0.0698. The molecule has 3 atom stereocenters. The first-order valence-corrected chi connectivity index (χ1v) is 18.8. The van der Waals surface area contributed by atoms with Crippen LogP contribution in [0.15, 0.2) is 182 Å². The van der Waals surface area contributed by atoms with E-state index in [1.54, 1.807) is 0 Å². The van der Waals surface area contributed by atoms with Crippen molar-refractivity contribution in [3.05, 3.63) is 199 Å². The highest BCUT2D eigenvalue weighted by atomic mass is 31.2. The predicted molar refractivity (Wildman–Crippen MR) is 202 cm³/mol. The summed E-state index contributed by atoms with van der Waals surface area (Å²) in [5, 5.41) is 6.12. The molecule has 0 aromatic heterocycles. The van der Waals surface area contributed by atoms with Crippen molar-refractivity contribution < 1.29 is 9.05 Å². The zero-order chi connectivity index (χ0) is 32.3. The third-order valence-electron chi connectivity index (χ3n) is 8.94. The maximum Gasteiger partial charge on any atom is 0.386 e. The zero-order valence-electron chi connectivity index (χ0n) is 26.6. The van der Waals surface area contributed by atoms with Crippen LogP contribution in [0.3, 0.4) is 0 Å². The molecule has 1 aliphatic rings. The molecule has 1 aliphatic heterocycles. The molecule has 0 spiro atoms. The van der Waals surface area contributed by atoms with Crippen molar-refractivity contribution in [3.63, 3.8) is 0 Å². The monoisotopic (exact) mass is 659 g/mol. The molecule has 3 nitrogen and oxygen atoms in total. The van der Waals surface area contributed by atoms with Gasteiger partial charge in [-0.1, -0.05) is 170 Å². The molecule has 0 bridgehead atoms. The number of benzene rings is 7. The third-order valence-corrected chi connectivity index (χ3v) is 13.1. The standard InChI is InChI=1S/C43H35NO2P2/c1-32(33-18-6-2-7-19-33)44-43(35-21-8-3-9-22-35)42-38-27-15-14-20-34(38)30-31-40(42)46-48(44)45-39-28-16-17-29-41(39)47(36-23-10-4-11-24-36)37-25-12-5-13-26-37/h2-32,43H,1H3/t32-,43-,48?/m1/s1. The van der Waals surface area contributed by atoms with E-state index >= 15 is 0 Å². The minimum atomic E-state index is -1.61. The number of nitrogens with zero attached hydrogens (tertiary/aromatic N) is 1. The van der Waals surface area contributed by atoms with Crippen LogP contribution in [0.25, 0.3) is 10.8 Å². The summed E-state index contributed by atoms with van der Waals surface area (Å²) in [5.74, 6) is 1.72. The number of hydrogen-bond acceptors (Lipinski definition) is 3. The summed E-state index contributed by atoms with van der Waals surface area (Å²) in [4.78, 5) is 0. The predicted octanol–water partition coefficient (Wildman–Crippen LogP) is 10.4. The molecule has 1 heterocycles. The van der Waals surface area contributed by atoms with Gasteiger partial charge in [-0.2, -0.15) is 4.67 Å². The highest BCUT2D eigenvalue weighted by molar-refractivity contribution is 7.80. The van der Waals surface area contributed by atoms with Gasteiger partial charge in [0.25, 0.3) is 0 Å². The van der Waals surface area contributed by atoms with Crippen LogP contribution in [-0.2, 0) is 0 Å². The Balaban J connectivity index is 1.31. The van der Waals surface area contributed by atoms with Gasteiger partial charge >= 0.3 is 8.53 Å². The van der Waals surface area contributed by atoms with E-state index in [0.29, 0.717) is 0 Å². The van der Waals surface area contributed by atoms with Crippen LogP contribution in [0.5, 0.6) is 11.5 Å². The Kier molecular flexibility index (Phi) is 8.75. The number of rotatable bonds is 8. The van der Waals surface area contributed by atoms with Crippen LogP contribution >= 0.6 is 16.4 Å². The van der Waals surface area contributed by atoms with Crippen molar-refractivity contribution in [2.24, 2.45) is 0 Å². The molecule has 0 amide bonds. The van der Waals surface area contributed by atoms with E-state index in [9.17, 15) is 0 Å². The molecule has 0 saturated heterocycles. The summed E-state index contributed by atoms with van der Waals surface area (Å²) >= 11 is 0. The van der Waals surface area contributed by atoms with E-state index in [1.807, 2.05) is 0 Å². The van der Waals surface area contributed by atoms with Crippen molar-refractivity contribution in [3.8, 4) is 11.5 Å². The Hall–Kier alpha value is -4.78. The Labute approximate surface area is 285 Å². The number of fused-ring (bicyclic) bond motifs is 3.